The molecule has 2 aromatic carbocycles. The molecule has 0 bridgehead atoms. The summed E-state index contributed by atoms with van der Waals surface area (Å²) in [5.41, 5.74) is 8.51. The van der Waals surface area contributed by atoms with Crippen molar-refractivity contribution in [3.63, 3.8) is 0 Å². The van der Waals surface area contributed by atoms with Gasteiger partial charge in [-0.1, -0.05) is 36.4 Å². The number of carboxylic acid groups (broad SMARTS) is 1. The van der Waals surface area contributed by atoms with Gasteiger partial charge in [0.2, 0.25) is 0 Å². The molecule has 0 aliphatic rings. The van der Waals surface area contributed by atoms with Gasteiger partial charge in [-0.15, -0.1) is 0 Å². The fourth-order valence-electron chi connectivity index (χ4n) is 2.06. The van der Waals surface area contributed by atoms with Crippen molar-refractivity contribution in [1.82, 2.24) is 0 Å². The van der Waals surface area contributed by atoms with E-state index in [1.54, 1.807) is 0 Å². The second-order valence-electron chi connectivity index (χ2n) is 4.99. The molecule has 0 spiro atoms. The highest BCUT2D eigenvalue weighted by Gasteiger charge is 2.07. The lowest BCUT2D eigenvalue weighted by Crippen LogP contribution is -2.06. The third kappa shape index (κ3) is 4.33. The van der Waals surface area contributed by atoms with Gasteiger partial charge in [-0.05, 0) is 35.7 Å². The average Bonchev–Trinajstić information content (AvgIpc) is 2.46. The van der Waals surface area contributed by atoms with Gasteiger partial charge < -0.3 is 15.6 Å². The van der Waals surface area contributed by atoms with Crippen molar-refractivity contribution in [2.24, 2.45) is 5.73 Å². The van der Waals surface area contributed by atoms with Crippen LogP contribution in [-0.4, -0.2) is 11.1 Å². The second kappa shape index (κ2) is 6.90. The Hall–Kier alpha value is -2.33. The van der Waals surface area contributed by atoms with Gasteiger partial charge in [0.05, 0.1) is 6.42 Å². The molecule has 2 aromatic rings. The fraction of sp³-hybridized carbons (Fsp3) is 0.235. The van der Waals surface area contributed by atoms with Gasteiger partial charge in [-0.2, -0.15) is 0 Å². The third-order valence-corrected chi connectivity index (χ3v) is 3.26. The number of benzene rings is 2. The lowest BCUT2D eigenvalue weighted by molar-refractivity contribution is -0.136. The zero-order valence-corrected chi connectivity index (χ0v) is 12.0. The smallest absolute Gasteiger partial charge is 0.307 e. The largest absolute Gasteiger partial charge is 0.489 e. The molecule has 0 saturated heterocycles. The van der Waals surface area contributed by atoms with Crippen LogP contribution < -0.4 is 10.5 Å². The second-order valence-corrected chi connectivity index (χ2v) is 4.99. The predicted molar refractivity (Wildman–Crippen MR) is 81.2 cm³/mol. The normalized spacial score (nSPS) is 11.9. The summed E-state index contributed by atoms with van der Waals surface area (Å²) in [6, 6.07) is 15.0. The Balaban J connectivity index is 2.04. The summed E-state index contributed by atoms with van der Waals surface area (Å²) in [5, 5.41) is 8.91. The molecule has 0 unspecified atom stereocenters. The lowest BCUT2D eigenvalue weighted by Gasteiger charge is -2.11. The molecule has 2 rings (SSSR count). The monoisotopic (exact) mass is 285 g/mol. The van der Waals surface area contributed by atoms with E-state index in [1.807, 2.05) is 55.5 Å². The van der Waals surface area contributed by atoms with Crippen LogP contribution in [0.4, 0.5) is 0 Å². The van der Waals surface area contributed by atoms with E-state index in [9.17, 15) is 4.79 Å². The van der Waals surface area contributed by atoms with E-state index in [1.165, 1.54) is 0 Å². The molecular formula is C17H19NO3. The number of rotatable bonds is 6. The maximum absolute atomic E-state index is 10.8. The summed E-state index contributed by atoms with van der Waals surface area (Å²) >= 11 is 0. The summed E-state index contributed by atoms with van der Waals surface area (Å²) in [4.78, 5) is 10.8. The van der Waals surface area contributed by atoms with E-state index in [2.05, 4.69) is 0 Å². The minimum atomic E-state index is -0.844. The molecule has 110 valence electrons. The first-order chi connectivity index (χ1) is 10.1. The van der Waals surface area contributed by atoms with Crippen molar-refractivity contribution in [2.75, 3.05) is 0 Å². The van der Waals surface area contributed by atoms with E-state index in [0.717, 1.165) is 22.4 Å². The van der Waals surface area contributed by atoms with Gasteiger partial charge in [0.1, 0.15) is 12.4 Å². The van der Waals surface area contributed by atoms with Crippen molar-refractivity contribution >= 4 is 5.97 Å². The molecule has 3 N–H and O–H groups in total. The number of carbonyl (C=O) groups is 1. The van der Waals surface area contributed by atoms with E-state index < -0.39 is 5.97 Å². The summed E-state index contributed by atoms with van der Waals surface area (Å²) < 4.78 is 5.72. The molecular weight excluding hydrogens is 266 g/mol. The standard InChI is InChI=1S/C17H19NO3/c1-12(18)13-6-8-16(9-7-13)21-11-15-5-3-2-4-14(15)10-17(19)20/h2-9,12H,10-11,18H2,1H3,(H,19,20)/t12-/m0/s1. The molecule has 0 radical (unpaired) electrons. The minimum absolute atomic E-state index is 0.00313. The van der Waals surface area contributed by atoms with Crippen LogP contribution in [0.1, 0.15) is 29.7 Å². The van der Waals surface area contributed by atoms with Crippen LogP contribution in [0.2, 0.25) is 0 Å². The van der Waals surface area contributed by atoms with E-state index >= 15 is 0 Å². The van der Waals surface area contributed by atoms with Gasteiger partial charge in [0.25, 0.3) is 0 Å². The van der Waals surface area contributed by atoms with Crippen LogP contribution in [0, 0.1) is 0 Å². The van der Waals surface area contributed by atoms with Crippen LogP contribution >= 0.6 is 0 Å². The quantitative estimate of drug-likeness (QED) is 0.856. The number of carboxylic acids is 1. The van der Waals surface area contributed by atoms with E-state index in [-0.39, 0.29) is 12.5 Å². The molecule has 0 aliphatic carbocycles. The summed E-state index contributed by atoms with van der Waals surface area (Å²) in [5.74, 6) is -0.103. The Kier molecular flexibility index (Phi) is 4.95. The molecule has 0 amide bonds. The first-order valence-corrected chi connectivity index (χ1v) is 6.83. The molecule has 0 heterocycles. The predicted octanol–water partition coefficient (Wildman–Crippen LogP) is 2.91. The van der Waals surface area contributed by atoms with Crippen molar-refractivity contribution in [3.8, 4) is 5.75 Å². The Labute approximate surface area is 124 Å². The van der Waals surface area contributed by atoms with Crippen LogP contribution in [0.15, 0.2) is 48.5 Å². The average molecular weight is 285 g/mol. The zero-order valence-electron chi connectivity index (χ0n) is 12.0. The zero-order chi connectivity index (χ0) is 15.2. The fourth-order valence-corrected chi connectivity index (χ4v) is 2.06. The van der Waals surface area contributed by atoms with Crippen LogP contribution in [0.5, 0.6) is 5.75 Å². The topological polar surface area (TPSA) is 72.5 Å². The SMILES string of the molecule is C[C@H](N)c1ccc(OCc2ccccc2CC(=O)O)cc1. The van der Waals surface area contributed by atoms with Gasteiger partial charge in [0.15, 0.2) is 0 Å². The summed E-state index contributed by atoms with van der Waals surface area (Å²) in [6.07, 6.45) is 0.00313. The highest BCUT2D eigenvalue weighted by atomic mass is 16.5. The maximum atomic E-state index is 10.8. The Bertz CT molecular complexity index is 606. The lowest BCUT2D eigenvalue weighted by atomic mass is 10.1. The van der Waals surface area contributed by atoms with Crippen LogP contribution in [0.3, 0.4) is 0 Å². The molecule has 4 heteroatoms. The van der Waals surface area contributed by atoms with Crippen molar-refractivity contribution < 1.29 is 14.6 Å². The molecule has 1 atom stereocenters. The van der Waals surface area contributed by atoms with Crippen LogP contribution in [0.25, 0.3) is 0 Å². The number of hydrogen-bond donors (Lipinski definition) is 2. The number of hydrogen-bond acceptors (Lipinski definition) is 3. The molecule has 4 nitrogen and oxygen atoms in total. The number of aliphatic carboxylic acids is 1. The molecule has 0 aliphatic heterocycles. The highest BCUT2D eigenvalue weighted by molar-refractivity contribution is 5.70. The Morgan fingerprint density at radius 2 is 1.76 bits per heavy atom. The van der Waals surface area contributed by atoms with Crippen LogP contribution in [-0.2, 0) is 17.8 Å². The minimum Gasteiger partial charge on any atom is -0.489 e. The molecule has 0 saturated carbocycles. The summed E-state index contributed by atoms with van der Waals surface area (Å²) in [7, 11) is 0. The van der Waals surface area contributed by atoms with Crippen molar-refractivity contribution in [1.29, 1.82) is 0 Å². The molecule has 0 aromatic heterocycles. The third-order valence-electron chi connectivity index (χ3n) is 3.26. The van der Waals surface area contributed by atoms with Crippen molar-refractivity contribution in [3.05, 3.63) is 65.2 Å². The first kappa shape index (κ1) is 15.1. The van der Waals surface area contributed by atoms with Crippen molar-refractivity contribution in [2.45, 2.75) is 26.0 Å². The highest BCUT2D eigenvalue weighted by Crippen LogP contribution is 2.18. The Morgan fingerprint density at radius 1 is 1.14 bits per heavy atom. The van der Waals surface area contributed by atoms with E-state index in [0.29, 0.717) is 6.61 Å². The van der Waals surface area contributed by atoms with Gasteiger partial charge in [-0.25, -0.2) is 0 Å². The Morgan fingerprint density at radius 3 is 2.33 bits per heavy atom. The number of ether oxygens (including phenoxy) is 1. The number of nitrogens with two attached hydrogens (primary N) is 1. The molecule has 21 heavy (non-hydrogen) atoms. The van der Waals surface area contributed by atoms with Gasteiger partial charge in [0, 0.05) is 6.04 Å². The van der Waals surface area contributed by atoms with Gasteiger partial charge in [-0.3, -0.25) is 4.79 Å². The summed E-state index contributed by atoms with van der Waals surface area (Å²) in [6.45, 7) is 2.28. The van der Waals surface area contributed by atoms with Gasteiger partial charge >= 0.3 is 5.97 Å². The first-order valence-electron chi connectivity index (χ1n) is 6.83. The maximum Gasteiger partial charge on any atom is 0.307 e. The molecule has 0 fully saturated rings. The van der Waals surface area contributed by atoms with E-state index in [4.69, 9.17) is 15.6 Å².